The quantitative estimate of drug-likeness (QED) is 0.510. The number of methoxy groups -OCH3 is 1. The third-order valence-electron chi connectivity index (χ3n) is 3.39. The molecule has 4 nitrogen and oxygen atoms in total. The predicted octanol–water partition coefficient (Wildman–Crippen LogP) is 5.06. The molecule has 0 unspecified atom stereocenters. The normalized spacial score (nSPS) is 10.9. The van der Waals surface area contributed by atoms with Gasteiger partial charge in [-0.1, -0.05) is 6.07 Å². The molecule has 25 heavy (non-hydrogen) atoms. The number of rotatable bonds is 6. The van der Waals surface area contributed by atoms with Gasteiger partial charge in [-0.15, -0.1) is 0 Å². The zero-order chi connectivity index (χ0) is 18.4. The molecular formula is C18H16Br3NO3. The molecule has 0 atom stereocenters. The van der Waals surface area contributed by atoms with Crippen molar-refractivity contribution in [3.05, 3.63) is 61.0 Å². The van der Waals surface area contributed by atoms with Crippen molar-refractivity contribution in [1.29, 1.82) is 0 Å². The third kappa shape index (κ3) is 5.87. The number of ether oxygens (including phenoxy) is 1. The second-order valence-electron chi connectivity index (χ2n) is 5.18. The number of carbonyl (C=O) groups is 1. The summed E-state index contributed by atoms with van der Waals surface area (Å²) in [4.78, 5) is 11.9. The van der Waals surface area contributed by atoms with Crippen molar-refractivity contribution in [3.8, 4) is 11.5 Å². The first kappa shape index (κ1) is 20.0. The summed E-state index contributed by atoms with van der Waals surface area (Å²) >= 11 is 10.0. The molecule has 0 fully saturated rings. The Labute approximate surface area is 171 Å². The van der Waals surface area contributed by atoms with Gasteiger partial charge in [0.1, 0.15) is 11.5 Å². The Hall–Kier alpha value is -1.31. The van der Waals surface area contributed by atoms with Crippen LogP contribution in [-0.4, -0.2) is 24.7 Å². The molecule has 0 radical (unpaired) electrons. The second-order valence-corrected chi connectivity index (χ2v) is 7.74. The smallest absolute Gasteiger partial charge is 0.244 e. The van der Waals surface area contributed by atoms with Gasteiger partial charge in [-0.05, 0) is 95.7 Å². The molecule has 7 heteroatoms. The lowest BCUT2D eigenvalue weighted by molar-refractivity contribution is -0.116. The Balaban J connectivity index is 1.87. The van der Waals surface area contributed by atoms with Crippen LogP contribution in [0.1, 0.15) is 11.1 Å². The summed E-state index contributed by atoms with van der Waals surface area (Å²) in [6.07, 6.45) is 3.90. The standard InChI is InChI=1S/C18H16Br3NO3/c1-25-16-4-2-11(8-13(16)19)3-5-17(23)22-7-6-12-9-14(20)18(24)15(21)10-12/h2-5,8-10,24H,6-7H2,1H3,(H,22,23)/b5-3+. The van der Waals surface area contributed by atoms with Gasteiger partial charge in [0.25, 0.3) is 0 Å². The summed E-state index contributed by atoms with van der Waals surface area (Å²) in [6.45, 7) is 0.499. The molecule has 1 amide bonds. The minimum atomic E-state index is -0.163. The van der Waals surface area contributed by atoms with E-state index in [4.69, 9.17) is 4.74 Å². The first-order valence-electron chi connectivity index (χ1n) is 7.37. The molecule has 2 rings (SSSR count). The number of hydrogen-bond donors (Lipinski definition) is 2. The zero-order valence-corrected chi connectivity index (χ0v) is 18.1. The van der Waals surface area contributed by atoms with Gasteiger partial charge in [0, 0.05) is 12.6 Å². The Bertz CT molecular complexity index is 783. The SMILES string of the molecule is COc1ccc(/C=C/C(=O)NCCc2cc(Br)c(O)c(Br)c2)cc1Br. The highest BCUT2D eigenvalue weighted by atomic mass is 79.9. The number of halogens is 3. The van der Waals surface area contributed by atoms with E-state index in [1.54, 1.807) is 13.2 Å². The van der Waals surface area contributed by atoms with Crippen molar-refractivity contribution >= 4 is 59.8 Å². The summed E-state index contributed by atoms with van der Waals surface area (Å²) in [5.74, 6) is 0.748. The first-order valence-corrected chi connectivity index (χ1v) is 9.75. The first-order chi connectivity index (χ1) is 11.9. The number of phenols is 1. The van der Waals surface area contributed by atoms with E-state index in [9.17, 15) is 9.90 Å². The lowest BCUT2D eigenvalue weighted by Crippen LogP contribution is -2.23. The molecule has 0 saturated carbocycles. The average Bonchev–Trinajstić information content (AvgIpc) is 2.58. The molecule has 0 spiro atoms. The summed E-state index contributed by atoms with van der Waals surface area (Å²) in [7, 11) is 1.61. The van der Waals surface area contributed by atoms with E-state index in [1.807, 2.05) is 30.3 Å². The van der Waals surface area contributed by atoms with Gasteiger partial charge in [0.2, 0.25) is 5.91 Å². The number of carbonyl (C=O) groups excluding carboxylic acids is 1. The van der Waals surface area contributed by atoms with Gasteiger partial charge in [0.15, 0.2) is 0 Å². The largest absolute Gasteiger partial charge is 0.506 e. The number of nitrogens with one attached hydrogen (secondary N) is 1. The summed E-state index contributed by atoms with van der Waals surface area (Å²) in [6, 6.07) is 9.25. The van der Waals surface area contributed by atoms with E-state index < -0.39 is 0 Å². The van der Waals surface area contributed by atoms with Crippen LogP contribution >= 0.6 is 47.8 Å². The van der Waals surface area contributed by atoms with Gasteiger partial charge in [0.05, 0.1) is 20.5 Å². The fourth-order valence-electron chi connectivity index (χ4n) is 2.11. The van der Waals surface area contributed by atoms with Crippen LogP contribution in [-0.2, 0) is 11.2 Å². The average molecular weight is 534 g/mol. The number of hydrogen-bond acceptors (Lipinski definition) is 3. The van der Waals surface area contributed by atoms with Crippen LogP contribution < -0.4 is 10.1 Å². The minimum Gasteiger partial charge on any atom is -0.506 e. The highest BCUT2D eigenvalue weighted by Crippen LogP contribution is 2.33. The number of aromatic hydroxyl groups is 1. The van der Waals surface area contributed by atoms with Gasteiger partial charge >= 0.3 is 0 Å². The van der Waals surface area contributed by atoms with Crippen molar-refractivity contribution in [3.63, 3.8) is 0 Å². The fourth-order valence-corrected chi connectivity index (χ4v) is 3.95. The van der Waals surface area contributed by atoms with Crippen LogP contribution in [0.5, 0.6) is 11.5 Å². The maximum absolute atomic E-state index is 11.9. The highest BCUT2D eigenvalue weighted by Gasteiger charge is 2.06. The monoisotopic (exact) mass is 531 g/mol. The molecular weight excluding hydrogens is 518 g/mol. The lowest BCUT2D eigenvalue weighted by atomic mass is 10.1. The van der Waals surface area contributed by atoms with Crippen LogP contribution in [0.3, 0.4) is 0 Å². The molecule has 0 aliphatic heterocycles. The van der Waals surface area contributed by atoms with Gasteiger partial charge in [-0.25, -0.2) is 0 Å². The number of phenolic OH excluding ortho intramolecular Hbond substituents is 1. The van der Waals surface area contributed by atoms with Crippen LogP contribution in [0.2, 0.25) is 0 Å². The molecule has 0 aromatic heterocycles. The van der Waals surface area contributed by atoms with E-state index in [2.05, 4.69) is 53.1 Å². The van der Waals surface area contributed by atoms with Crippen LogP contribution in [0, 0.1) is 0 Å². The van der Waals surface area contributed by atoms with E-state index in [0.717, 1.165) is 21.3 Å². The molecule has 2 aromatic carbocycles. The lowest BCUT2D eigenvalue weighted by Gasteiger charge is -2.07. The molecule has 0 bridgehead atoms. The topological polar surface area (TPSA) is 58.6 Å². The molecule has 2 aromatic rings. The van der Waals surface area contributed by atoms with Gasteiger partial charge in [-0.3, -0.25) is 4.79 Å². The van der Waals surface area contributed by atoms with Crippen molar-refractivity contribution in [1.82, 2.24) is 5.32 Å². The van der Waals surface area contributed by atoms with Crippen LogP contribution in [0.25, 0.3) is 6.08 Å². The Morgan fingerprint density at radius 1 is 1.16 bits per heavy atom. The van der Waals surface area contributed by atoms with E-state index in [1.165, 1.54) is 6.08 Å². The van der Waals surface area contributed by atoms with E-state index in [-0.39, 0.29) is 11.7 Å². The fraction of sp³-hybridized carbons (Fsp3) is 0.167. The van der Waals surface area contributed by atoms with E-state index in [0.29, 0.717) is 21.9 Å². The Kier molecular flexibility index (Phi) is 7.53. The second kappa shape index (κ2) is 9.40. The molecule has 0 aliphatic rings. The summed E-state index contributed by atoms with van der Waals surface area (Å²) < 4.78 is 7.24. The van der Waals surface area contributed by atoms with Crippen molar-refractivity contribution in [2.24, 2.45) is 0 Å². The number of amides is 1. The molecule has 132 valence electrons. The molecule has 0 aliphatic carbocycles. The maximum Gasteiger partial charge on any atom is 0.244 e. The van der Waals surface area contributed by atoms with Crippen molar-refractivity contribution in [2.45, 2.75) is 6.42 Å². The van der Waals surface area contributed by atoms with Gasteiger partial charge in [-0.2, -0.15) is 0 Å². The van der Waals surface area contributed by atoms with Gasteiger partial charge < -0.3 is 15.2 Å². The Morgan fingerprint density at radius 3 is 2.44 bits per heavy atom. The molecule has 0 heterocycles. The summed E-state index contributed by atoms with van der Waals surface area (Å²) in [5.41, 5.74) is 1.90. The summed E-state index contributed by atoms with van der Waals surface area (Å²) in [5, 5.41) is 12.5. The number of benzene rings is 2. The predicted molar refractivity (Wildman–Crippen MR) is 110 cm³/mol. The van der Waals surface area contributed by atoms with Crippen LogP contribution in [0.4, 0.5) is 0 Å². The van der Waals surface area contributed by atoms with Crippen molar-refractivity contribution in [2.75, 3.05) is 13.7 Å². The molecule has 0 saturated heterocycles. The van der Waals surface area contributed by atoms with Crippen LogP contribution in [0.15, 0.2) is 49.8 Å². The van der Waals surface area contributed by atoms with E-state index >= 15 is 0 Å². The highest BCUT2D eigenvalue weighted by molar-refractivity contribution is 9.11. The third-order valence-corrected chi connectivity index (χ3v) is 5.22. The Morgan fingerprint density at radius 2 is 1.84 bits per heavy atom. The minimum absolute atomic E-state index is 0.163. The maximum atomic E-state index is 11.9. The molecule has 2 N–H and O–H groups in total. The van der Waals surface area contributed by atoms with Crippen molar-refractivity contribution < 1.29 is 14.6 Å². The zero-order valence-electron chi connectivity index (χ0n) is 13.4.